The van der Waals surface area contributed by atoms with Crippen LogP contribution in [0, 0.1) is 17.8 Å². The molecule has 0 radical (unpaired) electrons. The van der Waals surface area contributed by atoms with Crippen LogP contribution in [0.3, 0.4) is 0 Å². The van der Waals surface area contributed by atoms with Crippen molar-refractivity contribution in [1.29, 1.82) is 0 Å². The van der Waals surface area contributed by atoms with E-state index < -0.39 is 0 Å². The van der Waals surface area contributed by atoms with Crippen LogP contribution in [-0.4, -0.2) is 25.2 Å². The largest absolute Gasteiger partial charge is 0.486 e. The number of carbonyl (C=O) groups is 1. The van der Waals surface area contributed by atoms with Crippen molar-refractivity contribution in [2.75, 3.05) is 13.2 Å². The second kappa shape index (κ2) is 5.49. The van der Waals surface area contributed by atoms with E-state index in [1.54, 1.807) is 6.07 Å². The molecule has 2 bridgehead atoms. The first-order valence-corrected chi connectivity index (χ1v) is 8.41. The quantitative estimate of drug-likeness (QED) is 0.933. The molecule has 1 amide bonds. The zero-order valence-corrected chi connectivity index (χ0v) is 13.0. The van der Waals surface area contributed by atoms with Gasteiger partial charge in [-0.05, 0) is 62.1 Å². The minimum absolute atomic E-state index is 0.00718. The average molecular weight is 301 g/mol. The maximum absolute atomic E-state index is 12.5. The summed E-state index contributed by atoms with van der Waals surface area (Å²) in [6.45, 7) is 3.26. The van der Waals surface area contributed by atoms with E-state index in [-0.39, 0.29) is 11.9 Å². The van der Waals surface area contributed by atoms with E-state index in [9.17, 15) is 4.79 Å². The summed E-state index contributed by atoms with van der Waals surface area (Å²) >= 11 is 0. The zero-order chi connectivity index (χ0) is 15.1. The first kappa shape index (κ1) is 13.9. The molecule has 2 aliphatic carbocycles. The maximum atomic E-state index is 12.5. The third-order valence-corrected chi connectivity index (χ3v) is 5.60. The average Bonchev–Trinajstić information content (AvgIpc) is 3.17. The molecule has 4 heteroatoms. The smallest absolute Gasteiger partial charge is 0.251 e. The van der Waals surface area contributed by atoms with Gasteiger partial charge in [0, 0.05) is 11.6 Å². The molecule has 1 aromatic carbocycles. The Labute approximate surface area is 131 Å². The van der Waals surface area contributed by atoms with Gasteiger partial charge >= 0.3 is 0 Å². The van der Waals surface area contributed by atoms with E-state index in [1.165, 1.54) is 25.7 Å². The first-order chi connectivity index (χ1) is 10.7. The van der Waals surface area contributed by atoms with Gasteiger partial charge in [-0.2, -0.15) is 0 Å². The van der Waals surface area contributed by atoms with Gasteiger partial charge in [-0.15, -0.1) is 0 Å². The van der Waals surface area contributed by atoms with E-state index in [4.69, 9.17) is 9.47 Å². The minimum Gasteiger partial charge on any atom is -0.486 e. The molecule has 0 unspecified atom stereocenters. The van der Waals surface area contributed by atoms with E-state index in [2.05, 4.69) is 12.2 Å². The lowest BCUT2D eigenvalue weighted by atomic mass is 9.84. The van der Waals surface area contributed by atoms with E-state index in [1.807, 2.05) is 12.1 Å². The lowest BCUT2D eigenvalue weighted by Gasteiger charge is -2.28. The number of benzene rings is 1. The van der Waals surface area contributed by atoms with Crippen LogP contribution < -0.4 is 14.8 Å². The predicted molar refractivity (Wildman–Crippen MR) is 83.3 cm³/mol. The number of amides is 1. The third kappa shape index (κ3) is 2.44. The van der Waals surface area contributed by atoms with Gasteiger partial charge in [-0.1, -0.05) is 6.42 Å². The topological polar surface area (TPSA) is 47.6 Å². The second-order valence-corrected chi connectivity index (χ2v) is 6.96. The summed E-state index contributed by atoms with van der Waals surface area (Å²) in [6, 6.07) is 5.68. The van der Waals surface area contributed by atoms with Crippen molar-refractivity contribution in [3.8, 4) is 11.5 Å². The molecule has 2 fully saturated rings. The number of carbonyl (C=O) groups excluding carboxylic acids is 1. The number of rotatable bonds is 3. The summed E-state index contributed by atoms with van der Waals surface area (Å²) in [6.07, 6.45) is 5.39. The Morgan fingerprint density at radius 1 is 1.18 bits per heavy atom. The predicted octanol–water partition coefficient (Wildman–Crippen LogP) is 3.01. The molecule has 3 aliphatic rings. The Bertz CT molecular complexity index is 586. The summed E-state index contributed by atoms with van der Waals surface area (Å²) in [4.78, 5) is 12.5. The Morgan fingerprint density at radius 3 is 2.73 bits per heavy atom. The highest BCUT2D eigenvalue weighted by Gasteiger charge is 2.42. The van der Waals surface area contributed by atoms with Crippen molar-refractivity contribution < 1.29 is 14.3 Å². The van der Waals surface area contributed by atoms with Crippen LogP contribution in [0.5, 0.6) is 11.5 Å². The Hall–Kier alpha value is -1.71. The fourth-order valence-electron chi connectivity index (χ4n) is 4.49. The lowest BCUT2D eigenvalue weighted by molar-refractivity contribution is 0.0914. The molecule has 0 saturated heterocycles. The number of nitrogens with one attached hydrogen (secondary N) is 1. The monoisotopic (exact) mass is 301 g/mol. The van der Waals surface area contributed by atoms with Crippen molar-refractivity contribution in [2.24, 2.45) is 17.8 Å². The van der Waals surface area contributed by atoms with Crippen LogP contribution in [0.2, 0.25) is 0 Å². The SMILES string of the molecule is C[C@@H](NC(=O)c1ccc2c(c1)OCCO2)[C@H]1C[C@@H]2CC[C@@H]1C2. The van der Waals surface area contributed by atoms with Crippen molar-refractivity contribution in [1.82, 2.24) is 5.32 Å². The van der Waals surface area contributed by atoms with E-state index in [0.29, 0.717) is 30.4 Å². The normalized spacial score (nSPS) is 30.1. The Morgan fingerprint density at radius 2 is 2.00 bits per heavy atom. The van der Waals surface area contributed by atoms with Gasteiger partial charge in [-0.3, -0.25) is 4.79 Å². The van der Waals surface area contributed by atoms with E-state index in [0.717, 1.165) is 17.6 Å². The Balaban J connectivity index is 1.43. The van der Waals surface area contributed by atoms with Gasteiger partial charge in [0.2, 0.25) is 0 Å². The van der Waals surface area contributed by atoms with E-state index >= 15 is 0 Å². The fraction of sp³-hybridized carbons (Fsp3) is 0.611. The van der Waals surface area contributed by atoms with Gasteiger partial charge in [0.1, 0.15) is 13.2 Å². The van der Waals surface area contributed by atoms with Crippen molar-refractivity contribution in [3.63, 3.8) is 0 Å². The van der Waals surface area contributed by atoms with Gasteiger partial charge in [0.25, 0.3) is 5.91 Å². The zero-order valence-electron chi connectivity index (χ0n) is 13.0. The van der Waals surface area contributed by atoms with Crippen LogP contribution in [0.1, 0.15) is 43.0 Å². The molecule has 1 aromatic rings. The van der Waals surface area contributed by atoms with Gasteiger partial charge in [-0.25, -0.2) is 0 Å². The highest BCUT2D eigenvalue weighted by molar-refractivity contribution is 5.95. The number of hydrogen-bond donors (Lipinski definition) is 1. The minimum atomic E-state index is -0.00718. The molecule has 22 heavy (non-hydrogen) atoms. The highest BCUT2D eigenvalue weighted by atomic mass is 16.6. The summed E-state index contributed by atoms with van der Waals surface area (Å²) < 4.78 is 11.1. The molecule has 1 heterocycles. The number of ether oxygens (including phenoxy) is 2. The molecule has 4 nitrogen and oxygen atoms in total. The molecule has 1 N–H and O–H groups in total. The van der Waals surface area contributed by atoms with Crippen LogP contribution in [0.15, 0.2) is 18.2 Å². The Kier molecular flexibility index (Phi) is 3.47. The van der Waals surface area contributed by atoms with Crippen LogP contribution in [0.4, 0.5) is 0 Å². The maximum Gasteiger partial charge on any atom is 0.251 e. The molecule has 4 atom stereocenters. The lowest BCUT2D eigenvalue weighted by Crippen LogP contribution is -2.40. The third-order valence-electron chi connectivity index (χ3n) is 5.60. The highest BCUT2D eigenvalue weighted by Crippen LogP contribution is 2.49. The molecule has 2 saturated carbocycles. The molecular formula is C18H23NO3. The van der Waals surface area contributed by atoms with Crippen LogP contribution in [-0.2, 0) is 0 Å². The van der Waals surface area contributed by atoms with Gasteiger partial charge in [0.15, 0.2) is 11.5 Å². The summed E-state index contributed by atoms with van der Waals surface area (Å²) in [7, 11) is 0. The summed E-state index contributed by atoms with van der Waals surface area (Å²) in [5.74, 6) is 3.77. The number of hydrogen-bond acceptors (Lipinski definition) is 3. The molecule has 4 rings (SSSR count). The van der Waals surface area contributed by atoms with Crippen molar-refractivity contribution in [2.45, 2.75) is 38.6 Å². The van der Waals surface area contributed by atoms with Crippen LogP contribution in [0.25, 0.3) is 0 Å². The summed E-state index contributed by atoms with van der Waals surface area (Å²) in [5.41, 5.74) is 0.652. The van der Waals surface area contributed by atoms with Crippen molar-refractivity contribution >= 4 is 5.91 Å². The molecule has 0 aromatic heterocycles. The standard InChI is InChI=1S/C18H23NO3/c1-11(15-9-12-2-3-13(15)8-12)19-18(20)14-4-5-16-17(10-14)22-7-6-21-16/h4-5,10-13,15H,2-3,6-9H2,1H3,(H,19,20)/t11-,12-,13-,15-/m1/s1. The first-order valence-electron chi connectivity index (χ1n) is 8.41. The number of fused-ring (bicyclic) bond motifs is 3. The molecule has 118 valence electrons. The van der Waals surface area contributed by atoms with Crippen molar-refractivity contribution in [3.05, 3.63) is 23.8 Å². The van der Waals surface area contributed by atoms with Gasteiger partial charge < -0.3 is 14.8 Å². The summed E-state index contributed by atoms with van der Waals surface area (Å²) in [5, 5.41) is 3.19. The fourth-order valence-corrected chi connectivity index (χ4v) is 4.49. The molecule has 0 spiro atoms. The molecular weight excluding hydrogens is 278 g/mol. The molecule has 1 aliphatic heterocycles. The van der Waals surface area contributed by atoms with Gasteiger partial charge in [0.05, 0.1) is 0 Å². The second-order valence-electron chi connectivity index (χ2n) is 6.96. The van der Waals surface area contributed by atoms with Crippen LogP contribution >= 0.6 is 0 Å².